The van der Waals surface area contributed by atoms with E-state index >= 15 is 0 Å². The predicted octanol–water partition coefficient (Wildman–Crippen LogP) is 4.91. The Kier molecular flexibility index (Phi) is 9.81. The third-order valence-electron chi connectivity index (χ3n) is 7.64. The van der Waals surface area contributed by atoms with E-state index in [9.17, 15) is 22.4 Å². The number of sulfonamides is 1. The molecule has 9 heteroatoms. The lowest BCUT2D eigenvalue weighted by Gasteiger charge is -2.34. The number of nitrogens with zero attached hydrogens (tertiary/aromatic N) is 2. The smallest absolute Gasteiger partial charge is 0.244 e. The summed E-state index contributed by atoms with van der Waals surface area (Å²) in [6.45, 7) is 2.86. The van der Waals surface area contributed by atoms with Crippen LogP contribution in [0.2, 0.25) is 0 Å². The van der Waals surface area contributed by atoms with Crippen LogP contribution >= 0.6 is 0 Å². The quantitative estimate of drug-likeness (QED) is 0.350. The molecule has 0 unspecified atom stereocenters. The molecule has 0 aromatic heterocycles. The first-order chi connectivity index (χ1) is 19.5. The maximum absolute atomic E-state index is 14.9. The highest BCUT2D eigenvalue weighted by molar-refractivity contribution is 7.92. The lowest BCUT2D eigenvalue weighted by molar-refractivity contribution is -0.140. The minimum atomic E-state index is -3.88. The Balaban J connectivity index is 1.76. The molecule has 7 nitrogen and oxygen atoms in total. The number of anilines is 1. The maximum Gasteiger partial charge on any atom is 0.244 e. The van der Waals surface area contributed by atoms with Gasteiger partial charge >= 0.3 is 0 Å². The zero-order valence-electron chi connectivity index (χ0n) is 23.8. The minimum Gasteiger partial charge on any atom is -0.352 e. The summed E-state index contributed by atoms with van der Waals surface area (Å²) in [5, 5.41) is 3.11. The Morgan fingerprint density at radius 3 is 2.15 bits per heavy atom. The molecular formula is C32H38FN3O4S. The molecule has 1 aliphatic rings. The van der Waals surface area contributed by atoms with Crippen molar-refractivity contribution in [3.05, 3.63) is 101 Å². The molecule has 1 atom stereocenters. The van der Waals surface area contributed by atoms with Gasteiger partial charge in [-0.1, -0.05) is 79.6 Å². The van der Waals surface area contributed by atoms with Gasteiger partial charge in [0, 0.05) is 24.6 Å². The van der Waals surface area contributed by atoms with Crippen molar-refractivity contribution in [3.63, 3.8) is 0 Å². The van der Waals surface area contributed by atoms with Crippen LogP contribution in [0.3, 0.4) is 0 Å². The molecule has 0 radical (unpaired) electrons. The fourth-order valence-corrected chi connectivity index (χ4v) is 6.47. The second kappa shape index (κ2) is 13.3. The van der Waals surface area contributed by atoms with E-state index in [1.54, 1.807) is 44.2 Å². The monoisotopic (exact) mass is 579 g/mol. The van der Waals surface area contributed by atoms with Crippen molar-refractivity contribution in [2.24, 2.45) is 0 Å². The Morgan fingerprint density at radius 2 is 1.54 bits per heavy atom. The van der Waals surface area contributed by atoms with E-state index in [1.807, 2.05) is 36.4 Å². The van der Waals surface area contributed by atoms with E-state index in [0.717, 1.165) is 41.8 Å². The van der Waals surface area contributed by atoms with Crippen molar-refractivity contribution in [1.82, 2.24) is 10.2 Å². The molecule has 0 heterocycles. The number of hydrogen-bond donors (Lipinski definition) is 1. The number of amides is 2. The summed E-state index contributed by atoms with van der Waals surface area (Å²) in [6.07, 6.45) is 5.01. The average molecular weight is 580 g/mol. The highest BCUT2D eigenvalue weighted by Crippen LogP contribution is 2.28. The van der Waals surface area contributed by atoms with E-state index in [-0.39, 0.29) is 30.5 Å². The first-order valence-electron chi connectivity index (χ1n) is 14.0. The number of hydrogen-bond acceptors (Lipinski definition) is 4. The molecule has 3 aromatic carbocycles. The average Bonchev–Trinajstić information content (AvgIpc) is 3.44. The molecule has 0 spiro atoms. The van der Waals surface area contributed by atoms with Gasteiger partial charge in [-0.05, 0) is 49.4 Å². The zero-order valence-corrected chi connectivity index (χ0v) is 24.7. The van der Waals surface area contributed by atoms with Crippen LogP contribution in [0.15, 0.2) is 72.8 Å². The van der Waals surface area contributed by atoms with Crippen molar-refractivity contribution >= 4 is 27.5 Å². The van der Waals surface area contributed by atoms with Crippen LogP contribution in [0.25, 0.3) is 0 Å². The highest BCUT2D eigenvalue weighted by atomic mass is 32.2. The van der Waals surface area contributed by atoms with Gasteiger partial charge in [0.15, 0.2) is 0 Å². The molecule has 0 aliphatic heterocycles. The summed E-state index contributed by atoms with van der Waals surface area (Å²) in [5.74, 6) is -1.43. The second-order valence-electron chi connectivity index (χ2n) is 10.8. The summed E-state index contributed by atoms with van der Waals surface area (Å²) in [7, 11) is -3.88. The van der Waals surface area contributed by atoms with Gasteiger partial charge in [0.05, 0.1) is 11.9 Å². The fourth-order valence-electron chi connectivity index (χ4n) is 5.51. The molecule has 0 bridgehead atoms. The molecule has 3 aromatic rings. The van der Waals surface area contributed by atoms with Gasteiger partial charge in [-0.15, -0.1) is 0 Å². The first kappa shape index (κ1) is 30.2. The number of carbonyl (C=O) groups excluding carboxylic acids is 2. The topological polar surface area (TPSA) is 86.8 Å². The van der Waals surface area contributed by atoms with Crippen molar-refractivity contribution in [2.75, 3.05) is 17.1 Å². The number of benzene rings is 3. The lowest BCUT2D eigenvalue weighted by atomic mass is 10.0. The molecule has 218 valence electrons. The molecule has 1 fully saturated rings. The number of carbonyl (C=O) groups is 2. The molecule has 0 saturated heterocycles. The van der Waals surface area contributed by atoms with Crippen LogP contribution < -0.4 is 9.62 Å². The van der Waals surface area contributed by atoms with E-state index in [1.165, 1.54) is 11.0 Å². The molecule has 1 aliphatic carbocycles. The SMILES string of the molecule is Cc1cccc(C)c1N(CC(=O)N(Cc1ccccc1F)[C@@H](Cc1ccccc1)C(=O)NC1CCCC1)S(C)(=O)=O. The van der Waals surface area contributed by atoms with Crippen LogP contribution in [0.1, 0.15) is 47.9 Å². The van der Waals surface area contributed by atoms with Gasteiger partial charge in [0.25, 0.3) is 0 Å². The Bertz CT molecular complexity index is 1450. The summed E-state index contributed by atoms with van der Waals surface area (Å²) < 4.78 is 42.1. The van der Waals surface area contributed by atoms with E-state index in [4.69, 9.17) is 0 Å². The number of para-hydroxylation sites is 1. The number of halogens is 1. The van der Waals surface area contributed by atoms with Gasteiger partial charge in [-0.25, -0.2) is 12.8 Å². The van der Waals surface area contributed by atoms with Crippen LogP contribution in [-0.4, -0.2) is 50.0 Å². The van der Waals surface area contributed by atoms with Crippen molar-refractivity contribution in [1.29, 1.82) is 0 Å². The number of aryl methyl sites for hydroxylation is 2. The fraction of sp³-hybridized carbons (Fsp3) is 0.375. The normalized spacial score (nSPS) is 14.4. The molecule has 1 N–H and O–H groups in total. The maximum atomic E-state index is 14.9. The van der Waals surface area contributed by atoms with Gasteiger partial charge in [0.1, 0.15) is 18.4 Å². The second-order valence-corrected chi connectivity index (χ2v) is 12.7. The summed E-state index contributed by atoms with van der Waals surface area (Å²) in [4.78, 5) is 29.4. The highest BCUT2D eigenvalue weighted by Gasteiger charge is 2.35. The Labute approximate surface area is 242 Å². The summed E-state index contributed by atoms with van der Waals surface area (Å²) in [6, 6.07) is 19.9. The molecule has 2 amide bonds. The zero-order chi connectivity index (χ0) is 29.6. The van der Waals surface area contributed by atoms with E-state index < -0.39 is 34.3 Å². The minimum absolute atomic E-state index is 0.00771. The molecule has 1 saturated carbocycles. The predicted molar refractivity (Wildman–Crippen MR) is 159 cm³/mol. The molecule has 4 rings (SSSR count). The third kappa shape index (κ3) is 7.73. The number of rotatable bonds is 11. The number of nitrogens with one attached hydrogen (secondary N) is 1. The Hall–Kier alpha value is -3.72. The summed E-state index contributed by atoms with van der Waals surface area (Å²) in [5.41, 5.74) is 2.89. The van der Waals surface area contributed by atoms with E-state index in [0.29, 0.717) is 16.8 Å². The van der Waals surface area contributed by atoms with Crippen LogP contribution in [0, 0.1) is 19.7 Å². The molecule has 41 heavy (non-hydrogen) atoms. The van der Waals surface area contributed by atoms with Crippen molar-refractivity contribution in [3.8, 4) is 0 Å². The molecular weight excluding hydrogens is 541 g/mol. The van der Waals surface area contributed by atoms with Gasteiger partial charge in [-0.3, -0.25) is 13.9 Å². The van der Waals surface area contributed by atoms with E-state index in [2.05, 4.69) is 5.32 Å². The van der Waals surface area contributed by atoms with Gasteiger partial charge in [0.2, 0.25) is 21.8 Å². The first-order valence-corrected chi connectivity index (χ1v) is 15.8. The van der Waals surface area contributed by atoms with Gasteiger partial charge < -0.3 is 10.2 Å². The largest absolute Gasteiger partial charge is 0.352 e. The van der Waals surface area contributed by atoms with Crippen LogP contribution in [0.5, 0.6) is 0 Å². The van der Waals surface area contributed by atoms with Crippen molar-refractivity contribution < 1.29 is 22.4 Å². The lowest BCUT2D eigenvalue weighted by Crippen LogP contribution is -2.54. The summed E-state index contributed by atoms with van der Waals surface area (Å²) >= 11 is 0. The standard InChI is InChI=1S/C32H38FN3O4S/c1-23-12-11-13-24(2)31(23)36(41(3,39)40)22-30(37)35(21-26-16-7-10-19-28(26)33)29(20-25-14-5-4-6-15-25)32(38)34-27-17-8-9-18-27/h4-7,10-16,19,27,29H,8-9,17-18,20-22H2,1-3H3,(H,34,38)/t29-/m0/s1. The van der Waals surface area contributed by atoms with Crippen LogP contribution in [-0.2, 0) is 32.6 Å². The third-order valence-corrected chi connectivity index (χ3v) is 8.75. The van der Waals surface area contributed by atoms with Crippen molar-refractivity contribution in [2.45, 2.75) is 64.6 Å². The van der Waals surface area contributed by atoms with Gasteiger partial charge in [-0.2, -0.15) is 0 Å². The Morgan fingerprint density at radius 1 is 0.927 bits per heavy atom. The van der Waals surface area contributed by atoms with Crippen LogP contribution in [0.4, 0.5) is 10.1 Å².